The number of nitrogens with zero attached hydrogens (tertiary/aromatic N) is 1. The zero-order chi connectivity index (χ0) is 14.5. The van der Waals surface area contributed by atoms with Crippen LogP contribution in [0.1, 0.15) is 31.2 Å². The molecule has 0 saturated heterocycles. The Hall–Kier alpha value is -1.48. The largest absolute Gasteiger partial charge is 0.309 e. The van der Waals surface area contributed by atoms with E-state index in [-0.39, 0.29) is 17.5 Å². The van der Waals surface area contributed by atoms with Crippen LogP contribution in [0.2, 0.25) is 0 Å². The Morgan fingerprint density at radius 2 is 1.95 bits per heavy atom. The summed E-state index contributed by atoms with van der Waals surface area (Å²) in [5.74, 6) is 0.115. The monoisotopic (exact) mass is 275 g/mol. The van der Waals surface area contributed by atoms with Gasteiger partial charge in [-0.3, -0.25) is 4.79 Å². The van der Waals surface area contributed by atoms with Gasteiger partial charge in [0.1, 0.15) is 5.82 Å². The van der Waals surface area contributed by atoms with Crippen molar-refractivity contribution < 1.29 is 9.18 Å². The van der Waals surface area contributed by atoms with Gasteiger partial charge < -0.3 is 4.90 Å². The second-order valence-electron chi connectivity index (χ2n) is 5.79. The maximum atomic E-state index is 12.9. The van der Waals surface area contributed by atoms with Crippen LogP contribution in [0.3, 0.4) is 0 Å². The zero-order valence-electron chi connectivity index (χ0n) is 12.2. The van der Waals surface area contributed by atoms with Crippen LogP contribution in [0.5, 0.6) is 0 Å². The number of rotatable bonds is 3. The van der Waals surface area contributed by atoms with Gasteiger partial charge in [0.25, 0.3) is 0 Å². The van der Waals surface area contributed by atoms with Crippen LogP contribution in [0.15, 0.2) is 29.8 Å². The molecule has 1 fully saturated rings. The first-order valence-corrected chi connectivity index (χ1v) is 7.21. The molecule has 1 aliphatic rings. The molecule has 0 radical (unpaired) electrons. The van der Waals surface area contributed by atoms with E-state index in [9.17, 15) is 9.18 Å². The van der Waals surface area contributed by atoms with Gasteiger partial charge in [-0.1, -0.05) is 18.6 Å². The van der Waals surface area contributed by atoms with E-state index in [0.29, 0.717) is 0 Å². The van der Waals surface area contributed by atoms with Crippen molar-refractivity contribution in [3.63, 3.8) is 0 Å². The molecule has 0 aromatic heterocycles. The van der Waals surface area contributed by atoms with Gasteiger partial charge in [0.2, 0.25) is 0 Å². The third-order valence-electron chi connectivity index (χ3n) is 3.73. The Morgan fingerprint density at radius 3 is 2.60 bits per heavy atom. The van der Waals surface area contributed by atoms with Crippen LogP contribution in [0.4, 0.5) is 4.39 Å². The minimum absolute atomic E-state index is 0.0965. The summed E-state index contributed by atoms with van der Waals surface area (Å²) in [6, 6.07) is 6.32. The lowest BCUT2D eigenvalue weighted by molar-refractivity contribution is -0.119. The van der Waals surface area contributed by atoms with Gasteiger partial charge in [-0.15, -0.1) is 0 Å². The fraction of sp³-hybridized carbons (Fsp3) is 0.471. The number of hydrogen-bond acceptors (Lipinski definition) is 2. The van der Waals surface area contributed by atoms with Crippen molar-refractivity contribution in [3.8, 4) is 0 Å². The van der Waals surface area contributed by atoms with Gasteiger partial charge >= 0.3 is 0 Å². The quantitative estimate of drug-likeness (QED) is 0.621. The molecule has 0 aliphatic heterocycles. The highest BCUT2D eigenvalue weighted by atomic mass is 19.1. The lowest BCUT2D eigenvalue weighted by Gasteiger charge is -2.18. The molecule has 108 valence electrons. The number of allylic oxidation sites excluding steroid dienone is 1. The SMILES string of the molecule is CN(C)CC1CCCCC(=Cc2ccc(F)cc2)C1=O. The molecule has 1 aliphatic carbocycles. The van der Waals surface area contributed by atoms with Gasteiger partial charge in [-0.25, -0.2) is 4.39 Å². The summed E-state index contributed by atoms with van der Waals surface area (Å²) >= 11 is 0. The highest BCUT2D eigenvalue weighted by Crippen LogP contribution is 2.26. The highest BCUT2D eigenvalue weighted by Gasteiger charge is 2.25. The fourth-order valence-corrected chi connectivity index (χ4v) is 2.74. The normalized spacial score (nSPS) is 22.3. The molecule has 2 rings (SSSR count). The van der Waals surface area contributed by atoms with Crippen molar-refractivity contribution in [2.75, 3.05) is 20.6 Å². The van der Waals surface area contributed by atoms with Gasteiger partial charge in [-0.2, -0.15) is 0 Å². The lowest BCUT2D eigenvalue weighted by Crippen LogP contribution is -2.27. The Bertz CT molecular complexity index is 490. The Labute approximate surface area is 120 Å². The van der Waals surface area contributed by atoms with Gasteiger partial charge in [-0.05, 0) is 62.7 Å². The second-order valence-corrected chi connectivity index (χ2v) is 5.79. The van der Waals surface area contributed by atoms with Gasteiger partial charge in [0.15, 0.2) is 5.78 Å². The molecule has 20 heavy (non-hydrogen) atoms. The number of benzene rings is 1. The molecule has 0 spiro atoms. The summed E-state index contributed by atoms with van der Waals surface area (Å²) in [6.45, 7) is 0.805. The summed E-state index contributed by atoms with van der Waals surface area (Å²) in [5, 5.41) is 0. The smallest absolute Gasteiger partial charge is 0.163 e. The third kappa shape index (κ3) is 4.01. The minimum atomic E-state index is -0.246. The van der Waals surface area contributed by atoms with Crippen LogP contribution >= 0.6 is 0 Å². The molecule has 1 unspecified atom stereocenters. The summed E-state index contributed by atoms with van der Waals surface area (Å²) in [7, 11) is 4.00. The van der Waals surface area contributed by atoms with Gasteiger partial charge in [0, 0.05) is 12.5 Å². The van der Waals surface area contributed by atoms with Crippen molar-refractivity contribution in [1.29, 1.82) is 0 Å². The van der Waals surface area contributed by atoms with Crippen LogP contribution in [-0.2, 0) is 4.79 Å². The number of hydrogen-bond donors (Lipinski definition) is 0. The second kappa shape index (κ2) is 6.80. The molecule has 2 nitrogen and oxygen atoms in total. The lowest BCUT2D eigenvalue weighted by atomic mass is 9.94. The van der Waals surface area contributed by atoms with E-state index in [0.717, 1.165) is 43.4 Å². The third-order valence-corrected chi connectivity index (χ3v) is 3.73. The average Bonchev–Trinajstić information content (AvgIpc) is 2.56. The van der Waals surface area contributed by atoms with E-state index in [4.69, 9.17) is 0 Å². The fourth-order valence-electron chi connectivity index (χ4n) is 2.74. The topological polar surface area (TPSA) is 20.3 Å². The van der Waals surface area contributed by atoms with Crippen LogP contribution in [-0.4, -0.2) is 31.3 Å². The number of carbonyl (C=O) groups excluding carboxylic acids is 1. The first-order valence-electron chi connectivity index (χ1n) is 7.21. The van der Waals surface area contributed by atoms with E-state index >= 15 is 0 Å². The maximum Gasteiger partial charge on any atom is 0.163 e. The van der Waals surface area contributed by atoms with Crippen molar-refractivity contribution >= 4 is 11.9 Å². The van der Waals surface area contributed by atoms with E-state index in [1.54, 1.807) is 12.1 Å². The standard InChI is InChI=1S/C17H22FNO/c1-19(2)12-15-6-4-3-5-14(17(15)20)11-13-7-9-16(18)10-8-13/h7-11,15H,3-6,12H2,1-2H3. The molecular formula is C17H22FNO. The maximum absolute atomic E-state index is 12.9. The Kier molecular flexibility index (Phi) is 5.07. The summed E-state index contributed by atoms with van der Waals surface area (Å²) < 4.78 is 12.9. The zero-order valence-corrected chi connectivity index (χ0v) is 12.2. The molecule has 0 amide bonds. The van der Waals surface area contributed by atoms with E-state index in [1.165, 1.54) is 12.1 Å². The summed E-state index contributed by atoms with van der Waals surface area (Å²) in [5.41, 5.74) is 1.79. The molecule has 1 aromatic rings. The number of carbonyl (C=O) groups is 1. The van der Waals surface area contributed by atoms with Crippen LogP contribution < -0.4 is 0 Å². The highest BCUT2D eigenvalue weighted by molar-refractivity contribution is 6.01. The van der Waals surface area contributed by atoms with Crippen molar-refractivity contribution in [1.82, 2.24) is 4.90 Å². The predicted octanol–water partition coefficient (Wildman–Crippen LogP) is 3.53. The molecule has 0 bridgehead atoms. The van der Waals surface area contributed by atoms with E-state index < -0.39 is 0 Å². The van der Waals surface area contributed by atoms with Crippen LogP contribution in [0, 0.1) is 11.7 Å². The molecule has 3 heteroatoms. The molecule has 0 N–H and O–H groups in total. The first-order chi connectivity index (χ1) is 9.56. The van der Waals surface area contributed by atoms with Crippen LogP contribution in [0.25, 0.3) is 6.08 Å². The number of halogens is 1. The van der Waals surface area contributed by atoms with Crippen molar-refractivity contribution in [2.45, 2.75) is 25.7 Å². The number of Topliss-reactive ketones (excluding diaryl/α,β-unsaturated/α-hetero) is 1. The average molecular weight is 275 g/mol. The molecule has 0 heterocycles. The Morgan fingerprint density at radius 1 is 1.25 bits per heavy atom. The molecule has 1 saturated carbocycles. The van der Waals surface area contributed by atoms with E-state index in [2.05, 4.69) is 4.90 Å². The summed E-state index contributed by atoms with van der Waals surface area (Å²) in [6.07, 6.45) is 5.89. The van der Waals surface area contributed by atoms with E-state index in [1.807, 2.05) is 20.2 Å². The summed E-state index contributed by atoms with van der Waals surface area (Å²) in [4.78, 5) is 14.7. The van der Waals surface area contributed by atoms with Gasteiger partial charge in [0.05, 0.1) is 0 Å². The molecule has 1 atom stereocenters. The number of ketones is 1. The minimum Gasteiger partial charge on any atom is -0.309 e. The molecule has 1 aromatic carbocycles. The molecular weight excluding hydrogens is 253 g/mol. The predicted molar refractivity (Wildman–Crippen MR) is 79.9 cm³/mol. The first kappa shape index (κ1) is 14.9. The Balaban J connectivity index is 2.20. The van der Waals surface area contributed by atoms with Crippen molar-refractivity contribution in [2.24, 2.45) is 5.92 Å². The van der Waals surface area contributed by atoms with Crippen molar-refractivity contribution in [3.05, 3.63) is 41.2 Å².